The molecule has 0 saturated heterocycles. The Morgan fingerprint density at radius 1 is 0.333 bits per heavy atom. The van der Waals surface area contributed by atoms with Crippen molar-refractivity contribution >= 4 is 0 Å². The molecule has 0 aromatic rings. The van der Waals surface area contributed by atoms with Crippen LogP contribution in [0.4, 0.5) is 74.6 Å². The molecular weight excluding hydrogens is 553 g/mol. The second-order valence-electron chi connectivity index (χ2n) is 8.02. The molecule has 0 atom stereocenters. The Kier molecular flexibility index (Phi) is 10.9. The van der Waals surface area contributed by atoms with Gasteiger partial charge in [-0.3, -0.25) is 0 Å². The molecule has 218 valence electrons. The number of unbranched alkanes of at least 4 members (excludes halogenated alkanes) is 7. The molecule has 0 rings (SSSR count). The molecule has 0 heterocycles. The second-order valence-corrected chi connectivity index (χ2v) is 8.02. The monoisotopic (exact) mass is 575 g/mol. The SMILES string of the molecule is NCCCCCCCCCCC(F)(F)C(F)(F)C(F)(F)C(F)(F)C(F)(F)C(F)(F)C(F)(F)C(F)(F)F. The molecule has 18 heteroatoms. The molecule has 0 aromatic carbocycles. The lowest BCUT2D eigenvalue weighted by Crippen LogP contribution is -2.74. The first-order chi connectivity index (χ1) is 15.8. The first kappa shape index (κ1) is 34.8. The fourth-order valence-corrected chi connectivity index (χ4v) is 2.91. The van der Waals surface area contributed by atoms with E-state index in [9.17, 15) is 74.6 Å². The Labute approximate surface area is 193 Å². The Morgan fingerprint density at radius 3 is 0.944 bits per heavy atom. The number of hydrogen-bond acceptors (Lipinski definition) is 1. The summed E-state index contributed by atoms with van der Waals surface area (Å²) >= 11 is 0. The molecule has 1 nitrogen and oxygen atoms in total. The van der Waals surface area contributed by atoms with Crippen LogP contribution < -0.4 is 5.73 Å². The molecule has 0 fully saturated rings. The highest BCUT2D eigenvalue weighted by Gasteiger charge is 2.95. The Bertz CT molecular complexity index is 684. The molecule has 0 unspecified atom stereocenters. The molecule has 0 aromatic heterocycles. The minimum absolute atomic E-state index is 0.0631. The fraction of sp³-hybridized carbons (Fsp3) is 1.00. The predicted molar refractivity (Wildman–Crippen MR) is 91.3 cm³/mol. The Hall–Kier alpha value is -1.23. The third-order valence-corrected chi connectivity index (χ3v) is 5.23. The Morgan fingerprint density at radius 2 is 0.611 bits per heavy atom. The zero-order valence-corrected chi connectivity index (χ0v) is 18.1. The standard InChI is InChI=1S/C18H22F17N/c19-11(20,9-7-5-3-1-2-4-6-8-10-36)12(21,22)13(23,24)14(25,26)15(27,28)16(29,30)17(31,32)18(33,34)35/h1-10,36H2. The van der Waals surface area contributed by atoms with E-state index in [4.69, 9.17) is 5.73 Å². The zero-order valence-electron chi connectivity index (χ0n) is 18.1. The molecule has 0 radical (unpaired) electrons. The van der Waals surface area contributed by atoms with Gasteiger partial charge in [0.1, 0.15) is 0 Å². The lowest BCUT2D eigenvalue weighted by atomic mass is 9.87. The number of nitrogens with two attached hydrogens (primary N) is 1. The summed E-state index contributed by atoms with van der Waals surface area (Å²) in [6.45, 7) is 0.404. The van der Waals surface area contributed by atoms with Gasteiger partial charge in [0.25, 0.3) is 0 Å². The molecular formula is C18H22F17N. The Balaban J connectivity index is 5.71. The van der Waals surface area contributed by atoms with Crippen LogP contribution in [0.2, 0.25) is 0 Å². The molecule has 0 aliphatic rings. The van der Waals surface area contributed by atoms with E-state index in [0.29, 0.717) is 38.6 Å². The highest BCUT2D eigenvalue weighted by Crippen LogP contribution is 2.64. The van der Waals surface area contributed by atoms with Gasteiger partial charge in [0.15, 0.2) is 0 Å². The first-order valence-corrected chi connectivity index (χ1v) is 10.2. The van der Waals surface area contributed by atoms with E-state index in [1.165, 1.54) is 0 Å². The van der Waals surface area contributed by atoms with Crippen LogP contribution >= 0.6 is 0 Å². The molecule has 2 N–H and O–H groups in total. The third kappa shape index (κ3) is 6.08. The van der Waals surface area contributed by atoms with Crippen LogP contribution in [0.1, 0.15) is 57.8 Å². The molecule has 0 aliphatic carbocycles. The number of hydrogen-bond donors (Lipinski definition) is 1. The molecule has 0 saturated carbocycles. The summed E-state index contributed by atoms with van der Waals surface area (Å²) in [6, 6.07) is 0. The molecule has 0 aliphatic heterocycles. The average Bonchev–Trinajstić information content (AvgIpc) is 2.70. The normalized spacial score (nSPS) is 15.5. The molecule has 0 spiro atoms. The van der Waals surface area contributed by atoms with E-state index in [-0.39, 0.29) is 12.8 Å². The van der Waals surface area contributed by atoms with Crippen molar-refractivity contribution in [1.29, 1.82) is 0 Å². The summed E-state index contributed by atoms with van der Waals surface area (Å²) in [7, 11) is 0. The maximum Gasteiger partial charge on any atom is 0.460 e. The number of alkyl halides is 17. The average molecular weight is 575 g/mol. The number of rotatable bonds is 16. The van der Waals surface area contributed by atoms with Gasteiger partial charge in [-0.1, -0.05) is 38.5 Å². The van der Waals surface area contributed by atoms with Crippen molar-refractivity contribution in [3.05, 3.63) is 0 Å². The minimum Gasteiger partial charge on any atom is -0.330 e. The van der Waals surface area contributed by atoms with Crippen LogP contribution in [0, 0.1) is 0 Å². The van der Waals surface area contributed by atoms with Crippen LogP contribution in [0.25, 0.3) is 0 Å². The van der Waals surface area contributed by atoms with Crippen molar-refractivity contribution < 1.29 is 74.6 Å². The smallest absolute Gasteiger partial charge is 0.330 e. The van der Waals surface area contributed by atoms with Gasteiger partial charge in [-0.15, -0.1) is 0 Å². The van der Waals surface area contributed by atoms with Crippen molar-refractivity contribution in [3.63, 3.8) is 0 Å². The molecule has 36 heavy (non-hydrogen) atoms. The summed E-state index contributed by atoms with van der Waals surface area (Å²) in [5.41, 5.74) is 5.23. The van der Waals surface area contributed by atoms with Gasteiger partial charge in [-0.2, -0.15) is 74.6 Å². The lowest BCUT2D eigenvalue weighted by molar-refractivity contribution is -0.461. The summed E-state index contributed by atoms with van der Waals surface area (Å²) < 4.78 is 224. The molecule has 0 bridgehead atoms. The van der Waals surface area contributed by atoms with Crippen LogP contribution in [-0.2, 0) is 0 Å². The van der Waals surface area contributed by atoms with Crippen LogP contribution in [-0.4, -0.2) is 54.2 Å². The number of halogens is 17. The topological polar surface area (TPSA) is 26.0 Å². The van der Waals surface area contributed by atoms with E-state index in [1.807, 2.05) is 0 Å². The lowest BCUT2D eigenvalue weighted by Gasteiger charge is -2.42. The van der Waals surface area contributed by atoms with E-state index in [1.54, 1.807) is 0 Å². The highest BCUT2D eigenvalue weighted by molar-refractivity contribution is 5.15. The second kappa shape index (κ2) is 11.3. The van der Waals surface area contributed by atoms with Crippen molar-refractivity contribution in [3.8, 4) is 0 Å². The zero-order chi connectivity index (χ0) is 29.1. The van der Waals surface area contributed by atoms with E-state index in [2.05, 4.69) is 0 Å². The predicted octanol–water partition coefficient (Wildman–Crippen LogP) is 8.47. The van der Waals surface area contributed by atoms with Crippen molar-refractivity contribution in [2.75, 3.05) is 6.54 Å². The van der Waals surface area contributed by atoms with Crippen molar-refractivity contribution in [1.82, 2.24) is 0 Å². The summed E-state index contributed by atoms with van der Waals surface area (Å²) in [6.07, 6.45) is -8.55. The van der Waals surface area contributed by atoms with E-state index >= 15 is 0 Å². The van der Waals surface area contributed by atoms with E-state index < -0.39 is 60.5 Å². The van der Waals surface area contributed by atoms with Gasteiger partial charge in [0, 0.05) is 6.42 Å². The summed E-state index contributed by atoms with van der Waals surface area (Å²) in [5, 5.41) is 0. The largest absolute Gasteiger partial charge is 0.460 e. The third-order valence-electron chi connectivity index (χ3n) is 5.23. The van der Waals surface area contributed by atoms with Crippen molar-refractivity contribution in [2.45, 2.75) is 105 Å². The maximum atomic E-state index is 13.7. The van der Waals surface area contributed by atoms with Gasteiger partial charge >= 0.3 is 47.6 Å². The minimum atomic E-state index is -8.58. The quantitative estimate of drug-likeness (QED) is 0.145. The van der Waals surface area contributed by atoms with Crippen LogP contribution in [0.5, 0.6) is 0 Å². The summed E-state index contributed by atoms with van der Waals surface area (Å²) in [4.78, 5) is 0. The van der Waals surface area contributed by atoms with Gasteiger partial charge in [0.2, 0.25) is 0 Å². The maximum absolute atomic E-state index is 13.7. The summed E-state index contributed by atoms with van der Waals surface area (Å²) in [5.74, 6) is -55.7. The fourth-order valence-electron chi connectivity index (χ4n) is 2.91. The molecule has 0 amide bonds. The highest BCUT2D eigenvalue weighted by atomic mass is 19.4. The van der Waals surface area contributed by atoms with Gasteiger partial charge < -0.3 is 5.73 Å². The van der Waals surface area contributed by atoms with Crippen molar-refractivity contribution in [2.24, 2.45) is 5.73 Å². The van der Waals surface area contributed by atoms with Gasteiger partial charge in [-0.25, -0.2) is 0 Å². The van der Waals surface area contributed by atoms with Gasteiger partial charge in [0.05, 0.1) is 0 Å². The van der Waals surface area contributed by atoms with Gasteiger partial charge in [-0.05, 0) is 19.4 Å². The van der Waals surface area contributed by atoms with Crippen LogP contribution in [0.3, 0.4) is 0 Å². The van der Waals surface area contributed by atoms with E-state index in [0.717, 1.165) is 0 Å². The first-order valence-electron chi connectivity index (χ1n) is 10.2. The van der Waals surface area contributed by atoms with Crippen LogP contribution in [0.15, 0.2) is 0 Å².